The fourth-order valence-electron chi connectivity index (χ4n) is 2.89. The molecule has 23 heavy (non-hydrogen) atoms. The molecular formula is C17H17N5O. The van der Waals surface area contributed by atoms with E-state index in [1.54, 1.807) is 4.52 Å². The van der Waals surface area contributed by atoms with Crippen LogP contribution < -0.4 is 4.90 Å². The second kappa shape index (κ2) is 5.08. The van der Waals surface area contributed by atoms with E-state index in [2.05, 4.69) is 32.1 Å². The van der Waals surface area contributed by atoms with E-state index < -0.39 is 0 Å². The van der Waals surface area contributed by atoms with E-state index in [1.807, 2.05) is 39.1 Å². The van der Waals surface area contributed by atoms with E-state index in [4.69, 9.17) is 4.42 Å². The number of hydrogen-bond donors (Lipinski definition) is 0. The molecule has 3 aromatic heterocycles. The lowest BCUT2D eigenvalue weighted by atomic mass is 10.2. The SMILES string of the molecule is Cc1nc2ncnn2c(N(C)Cc2cc3ccccc3o2)c1C. The molecule has 1 aromatic carbocycles. The van der Waals surface area contributed by atoms with Gasteiger partial charge in [-0.2, -0.15) is 14.6 Å². The predicted octanol–water partition coefficient (Wildman–Crippen LogP) is 3.12. The van der Waals surface area contributed by atoms with Crippen LogP contribution in [0.15, 0.2) is 41.1 Å². The molecular weight excluding hydrogens is 290 g/mol. The second-order valence-electron chi connectivity index (χ2n) is 5.72. The Kier molecular flexibility index (Phi) is 3.04. The standard InChI is InChI=1S/C17H17N5O/c1-11-12(2)20-17-18-10-19-22(17)16(11)21(3)9-14-8-13-6-4-5-7-15(13)23-14/h4-8,10H,9H2,1-3H3. The molecule has 0 amide bonds. The normalized spacial score (nSPS) is 11.4. The van der Waals surface area contributed by atoms with Gasteiger partial charge in [0, 0.05) is 23.7 Å². The van der Waals surface area contributed by atoms with Crippen molar-refractivity contribution in [2.24, 2.45) is 0 Å². The molecule has 0 radical (unpaired) electrons. The van der Waals surface area contributed by atoms with Crippen LogP contribution in [0.1, 0.15) is 17.0 Å². The average molecular weight is 307 g/mol. The Morgan fingerprint density at radius 1 is 1.22 bits per heavy atom. The van der Waals surface area contributed by atoms with E-state index in [0.29, 0.717) is 12.3 Å². The van der Waals surface area contributed by atoms with Crippen LogP contribution in [0.3, 0.4) is 0 Å². The fourth-order valence-corrected chi connectivity index (χ4v) is 2.89. The molecule has 0 aliphatic rings. The first-order valence-corrected chi connectivity index (χ1v) is 7.49. The third-order valence-electron chi connectivity index (χ3n) is 4.11. The topological polar surface area (TPSA) is 59.5 Å². The van der Waals surface area contributed by atoms with Crippen LogP contribution in [0.4, 0.5) is 5.82 Å². The monoisotopic (exact) mass is 307 g/mol. The minimum Gasteiger partial charge on any atom is -0.459 e. The number of anilines is 1. The highest BCUT2D eigenvalue weighted by Gasteiger charge is 2.16. The number of fused-ring (bicyclic) bond motifs is 2. The van der Waals surface area contributed by atoms with Gasteiger partial charge in [-0.05, 0) is 26.0 Å². The Morgan fingerprint density at radius 3 is 2.87 bits per heavy atom. The first-order valence-electron chi connectivity index (χ1n) is 7.49. The Hall–Kier alpha value is -2.89. The molecule has 0 spiro atoms. The fraction of sp³-hybridized carbons (Fsp3) is 0.235. The summed E-state index contributed by atoms with van der Waals surface area (Å²) in [6.45, 7) is 4.68. The van der Waals surface area contributed by atoms with Crippen molar-refractivity contribution >= 4 is 22.6 Å². The van der Waals surface area contributed by atoms with E-state index in [1.165, 1.54) is 6.33 Å². The van der Waals surface area contributed by atoms with E-state index in [-0.39, 0.29) is 0 Å². The molecule has 4 aromatic rings. The van der Waals surface area contributed by atoms with Gasteiger partial charge < -0.3 is 9.32 Å². The molecule has 0 atom stereocenters. The largest absolute Gasteiger partial charge is 0.459 e. The molecule has 116 valence electrons. The Bertz CT molecular complexity index is 968. The van der Waals surface area contributed by atoms with E-state index >= 15 is 0 Å². The van der Waals surface area contributed by atoms with Crippen molar-refractivity contribution in [3.8, 4) is 0 Å². The summed E-state index contributed by atoms with van der Waals surface area (Å²) in [5.74, 6) is 2.50. The molecule has 0 bridgehead atoms. The third kappa shape index (κ3) is 2.23. The first kappa shape index (κ1) is 13.8. The maximum Gasteiger partial charge on any atom is 0.254 e. The van der Waals surface area contributed by atoms with E-state index in [0.717, 1.165) is 33.8 Å². The van der Waals surface area contributed by atoms with Gasteiger partial charge in [-0.1, -0.05) is 18.2 Å². The molecule has 0 aliphatic heterocycles. The number of aromatic nitrogens is 4. The minimum absolute atomic E-state index is 0.611. The van der Waals surface area contributed by atoms with Gasteiger partial charge in [-0.25, -0.2) is 4.98 Å². The summed E-state index contributed by atoms with van der Waals surface area (Å²) in [4.78, 5) is 10.8. The zero-order chi connectivity index (χ0) is 16.0. The first-order chi connectivity index (χ1) is 11.1. The molecule has 0 saturated heterocycles. The maximum absolute atomic E-state index is 5.92. The van der Waals surface area contributed by atoms with Crippen molar-refractivity contribution in [1.82, 2.24) is 19.6 Å². The molecule has 3 heterocycles. The number of furan rings is 1. The maximum atomic E-state index is 5.92. The molecule has 0 saturated carbocycles. The number of rotatable bonds is 3. The number of aryl methyl sites for hydroxylation is 1. The molecule has 0 aliphatic carbocycles. The zero-order valence-electron chi connectivity index (χ0n) is 13.3. The van der Waals surface area contributed by atoms with Crippen LogP contribution in [-0.4, -0.2) is 26.6 Å². The van der Waals surface area contributed by atoms with Crippen LogP contribution in [0.25, 0.3) is 16.7 Å². The summed E-state index contributed by atoms with van der Waals surface area (Å²) < 4.78 is 7.69. The van der Waals surface area contributed by atoms with Crippen molar-refractivity contribution < 1.29 is 4.42 Å². The Labute approximate surface area is 133 Å². The molecule has 0 unspecified atom stereocenters. The van der Waals surface area contributed by atoms with Gasteiger partial charge in [0.15, 0.2) is 0 Å². The number of nitrogens with zero attached hydrogens (tertiary/aromatic N) is 5. The minimum atomic E-state index is 0.611. The highest BCUT2D eigenvalue weighted by atomic mass is 16.3. The van der Waals surface area contributed by atoms with E-state index in [9.17, 15) is 0 Å². The van der Waals surface area contributed by atoms with Crippen molar-refractivity contribution in [1.29, 1.82) is 0 Å². The van der Waals surface area contributed by atoms with Gasteiger partial charge >= 0.3 is 0 Å². The van der Waals surface area contributed by atoms with Crippen LogP contribution >= 0.6 is 0 Å². The van der Waals surface area contributed by atoms with Gasteiger partial charge in [0.25, 0.3) is 5.78 Å². The molecule has 0 N–H and O–H groups in total. The smallest absolute Gasteiger partial charge is 0.254 e. The van der Waals surface area contributed by atoms with Crippen LogP contribution in [0.2, 0.25) is 0 Å². The van der Waals surface area contributed by atoms with Crippen molar-refractivity contribution in [2.75, 3.05) is 11.9 Å². The van der Waals surface area contributed by atoms with Crippen LogP contribution in [-0.2, 0) is 6.54 Å². The lowest BCUT2D eigenvalue weighted by Gasteiger charge is -2.21. The van der Waals surface area contributed by atoms with Gasteiger partial charge in [0.05, 0.1) is 6.54 Å². The van der Waals surface area contributed by atoms with Gasteiger partial charge in [0.2, 0.25) is 0 Å². The molecule has 6 nitrogen and oxygen atoms in total. The number of hydrogen-bond acceptors (Lipinski definition) is 5. The van der Waals surface area contributed by atoms with Crippen LogP contribution in [0, 0.1) is 13.8 Å². The second-order valence-corrected chi connectivity index (χ2v) is 5.72. The van der Waals surface area contributed by atoms with Crippen molar-refractivity contribution in [3.63, 3.8) is 0 Å². The Balaban J connectivity index is 1.75. The summed E-state index contributed by atoms with van der Waals surface area (Å²) in [6.07, 6.45) is 1.53. The van der Waals surface area contributed by atoms with Crippen LogP contribution in [0.5, 0.6) is 0 Å². The summed E-state index contributed by atoms with van der Waals surface area (Å²) in [5.41, 5.74) is 2.95. The molecule has 0 fully saturated rings. The summed E-state index contributed by atoms with van der Waals surface area (Å²) in [5, 5.41) is 5.41. The van der Waals surface area contributed by atoms with Gasteiger partial charge in [-0.3, -0.25) is 0 Å². The quantitative estimate of drug-likeness (QED) is 0.582. The van der Waals surface area contributed by atoms with Crippen molar-refractivity contribution in [2.45, 2.75) is 20.4 Å². The summed E-state index contributed by atoms with van der Waals surface area (Å²) in [7, 11) is 2.02. The molecule has 4 rings (SSSR count). The van der Waals surface area contributed by atoms with Crippen molar-refractivity contribution in [3.05, 3.63) is 53.7 Å². The van der Waals surface area contributed by atoms with Gasteiger partial charge in [0.1, 0.15) is 23.5 Å². The Morgan fingerprint density at radius 2 is 2.04 bits per heavy atom. The van der Waals surface area contributed by atoms with Gasteiger partial charge in [-0.15, -0.1) is 0 Å². The zero-order valence-corrected chi connectivity index (χ0v) is 13.3. The highest BCUT2D eigenvalue weighted by molar-refractivity contribution is 5.77. The lowest BCUT2D eigenvalue weighted by Crippen LogP contribution is -2.21. The number of benzene rings is 1. The highest BCUT2D eigenvalue weighted by Crippen LogP contribution is 2.25. The third-order valence-corrected chi connectivity index (χ3v) is 4.11. The summed E-state index contributed by atoms with van der Waals surface area (Å²) >= 11 is 0. The lowest BCUT2D eigenvalue weighted by molar-refractivity contribution is 0.544. The summed E-state index contributed by atoms with van der Waals surface area (Å²) in [6, 6.07) is 10.1. The average Bonchev–Trinajstić information content (AvgIpc) is 3.13. The number of para-hydroxylation sites is 1. The predicted molar refractivity (Wildman–Crippen MR) is 88.6 cm³/mol. The molecule has 6 heteroatoms.